The van der Waals surface area contributed by atoms with E-state index in [0.717, 1.165) is 6.26 Å². The van der Waals surface area contributed by atoms with E-state index in [0.29, 0.717) is 40.6 Å². The number of hydrogen-bond acceptors (Lipinski definition) is 7. The van der Waals surface area contributed by atoms with Gasteiger partial charge in [0.05, 0.1) is 58.6 Å². The average Bonchev–Trinajstić information content (AvgIpc) is 3.02. The van der Waals surface area contributed by atoms with Crippen LogP contribution in [0.4, 0.5) is 17.2 Å². The van der Waals surface area contributed by atoms with Crippen LogP contribution in [0.15, 0.2) is 41.6 Å². The topological polar surface area (TPSA) is 110 Å². The summed E-state index contributed by atoms with van der Waals surface area (Å²) in [7, 11) is -1.92. The Bertz CT molecular complexity index is 1400. The van der Waals surface area contributed by atoms with Gasteiger partial charge in [0.15, 0.2) is 15.5 Å². The van der Waals surface area contributed by atoms with E-state index in [9.17, 15) is 13.2 Å². The Morgan fingerprint density at radius 2 is 1.97 bits per heavy atom. The Hall–Kier alpha value is -3.55. The number of rotatable bonds is 5. The third kappa shape index (κ3) is 4.26. The number of carbonyl (C=O) groups excluding carboxylic acids is 1. The summed E-state index contributed by atoms with van der Waals surface area (Å²) >= 11 is 6.01. The summed E-state index contributed by atoms with van der Waals surface area (Å²) in [4.78, 5) is 30.4. The van der Waals surface area contributed by atoms with Crippen molar-refractivity contribution in [3.63, 3.8) is 0 Å². The van der Waals surface area contributed by atoms with Crippen molar-refractivity contribution in [3.05, 3.63) is 75.7 Å². The van der Waals surface area contributed by atoms with Crippen molar-refractivity contribution >= 4 is 44.5 Å². The van der Waals surface area contributed by atoms with Crippen LogP contribution in [-0.2, 0) is 22.8 Å². The van der Waals surface area contributed by atoms with Crippen LogP contribution >= 0.6 is 11.6 Å². The minimum Gasteiger partial charge on any atom is -0.359 e. The minimum absolute atomic E-state index is 0.0199. The van der Waals surface area contributed by atoms with E-state index >= 15 is 0 Å². The number of hydrogen-bond donors (Lipinski definition) is 1. The van der Waals surface area contributed by atoms with Crippen LogP contribution in [0, 0.1) is 6.57 Å². The number of nitrogens with one attached hydrogen (secondary N) is 1. The van der Waals surface area contributed by atoms with E-state index in [1.807, 2.05) is 0 Å². The highest BCUT2D eigenvalue weighted by Gasteiger charge is 2.30. The molecule has 1 amide bonds. The Kier molecular flexibility index (Phi) is 5.54. The van der Waals surface area contributed by atoms with Crippen molar-refractivity contribution in [2.75, 3.05) is 18.6 Å². The van der Waals surface area contributed by atoms with Crippen LogP contribution < -0.4 is 5.32 Å². The number of anilines is 2. The third-order valence-electron chi connectivity index (χ3n) is 4.86. The lowest BCUT2D eigenvalue weighted by atomic mass is 10.1. The second-order valence-corrected chi connectivity index (χ2v) is 9.76. The van der Waals surface area contributed by atoms with E-state index in [1.165, 1.54) is 17.2 Å². The lowest BCUT2D eigenvalue weighted by molar-refractivity contribution is 0.0817. The molecule has 1 N–H and O–H groups in total. The maximum absolute atomic E-state index is 12.7. The van der Waals surface area contributed by atoms with Crippen molar-refractivity contribution < 1.29 is 13.2 Å². The van der Waals surface area contributed by atoms with Crippen molar-refractivity contribution in [1.29, 1.82) is 0 Å². The summed E-state index contributed by atoms with van der Waals surface area (Å²) in [5, 5.41) is 3.38. The normalized spacial score (nSPS) is 13.1. The van der Waals surface area contributed by atoms with E-state index in [4.69, 9.17) is 18.2 Å². The molecule has 0 fully saturated rings. The number of halogens is 1. The quantitative estimate of drug-likeness (QED) is 0.571. The van der Waals surface area contributed by atoms with Crippen molar-refractivity contribution in [1.82, 2.24) is 19.9 Å². The molecule has 9 nitrogen and oxygen atoms in total. The summed E-state index contributed by atoms with van der Waals surface area (Å²) in [5.41, 5.74) is 2.83. The zero-order chi connectivity index (χ0) is 23.0. The molecule has 0 aliphatic carbocycles. The molecule has 1 aliphatic rings. The van der Waals surface area contributed by atoms with Crippen LogP contribution in [0.3, 0.4) is 0 Å². The molecule has 32 heavy (non-hydrogen) atoms. The lowest BCUT2D eigenvalue weighted by Gasteiger charge is -2.15. The molecule has 0 saturated carbocycles. The van der Waals surface area contributed by atoms with Crippen molar-refractivity contribution in [2.45, 2.75) is 17.9 Å². The molecule has 0 radical (unpaired) electrons. The average molecular weight is 469 g/mol. The number of aromatic nitrogens is 3. The second-order valence-electron chi connectivity index (χ2n) is 7.34. The predicted molar refractivity (Wildman–Crippen MR) is 119 cm³/mol. The Balaban J connectivity index is 1.80. The fourth-order valence-electron chi connectivity index (χ4n) is 3.46. The molecule has 0 spiro atoms. The van der Waals surface area contributed by atoms with Crippen molar-refractivity contribution in [3.8, 4) is 0 Å². The summed E-state index contributed by atoms with van der Waals surface area (Å²) < 4.78 is 24.6. The summed E-state index contributed by atoms with van der Waals surface area (Å²) in [5.74, 6) is -0.0397. The molecule has 0 bridgehead atoms. The van der Waals surface area contributed by atoms with E-state index in [1.54, 1.807) is 31.4 Å². The van der Waals surface area contributed by atoms with E-state index in [2.05, 4.69) is 25.1 Å². The van der Waals surface area contributed by atoms with Gasteiger partial charge in [-0.3, -0.25) is 14.8 Å². The van der Waals surface area contributed by atoms with Gasteiger partial charge in [-0.1, -0.05) is 18.2 Å². The molecule has 0 atom stereocenters. The molecule has 1 aromatic carbocycles. The molecule has 2 aromatic heterocycles. The van der Waals surface area contributed by atoms with Gasteiger partial charge in [0.2, 0.25) is 0 Å². The summed E-state index contributed by atoms with van der Waals surface area (Å²) in [6, 6.07) is 6.17. The molecule has 11 heteroatoms. The van der Waals surface area contributed by atoms with Crippen LogP contribution in [0.5, 0.6) is 0 Å². The highest BCUT2D eigenvalue weighted by atomic mass is 35.5. The maximum atomic E-state index is 12.7. The van der Waals surface area contributed by atoms with Crippen LogP contribution in [0.1, 0.15) is 27.4 Å². The molecule has 4 rings (SSSR count). The zero-order valence-corrected chi connectivity index (χ0v) is 18.7. The molecular weight excluding hydrogens is 452 g/mol. The number of nitrogens with zero attached hydrogens (tertiary/aromatic N) is 5. The first-order valence-electron chi connectivity index (χ1n) is 9.39. The molecule has 3 aromatic rings. The molecule has 0 saturated heterocycles. The van der Waals surface area contributed by atoms with Crippen LogP contribution in [0.2, 0.25) is 5.02 Å². The minimum atomic E-state index is -3.59. The Morgan fingerprint density at radius 1 is 1.19 bits per heavy atom. The summed E-state index contributed by atoms with van der Waals surface area (Å²) in [6.45, 7) is 7.43. The van der Waals surface area contributed by atoms with Crippen LogP contribution in [-0.4, -0.2) is 47.5 Å². The monoisotopic (exact) mass is 468 g/mol. The fourth-order valence-corrected chi connectivity index (χ4v) is 4.55. The largest absolute Gasteiger partial charge is 0.359 e. The number of benzene rings is 1. The Morgan fingerprint density at radius 3 is 2.69 bits per heavy atom. The fraction of sp³-hybridized carbons (Fsp3) is 0.190. The lowest BCUT2D eigenvalue weighted by Crippen LogP contribution is -2.18. The molecule has 3 heterocycles. The molecular formula is C21H17ClN6O3S. The van der Waals surface area contributed by atoms with Gasteiger partial charge in [-0.05, 0) is 24.3 Å². The standard InChI is InChI=1S/C21H17ClN6O3S/c1-23-19-10-24-9-14(26-19)7-13-8-16(20-17(25-13)11-28(2)21(20)29)27-15-5-4-12(22)6-18(15)32(3,30)31/h4-6,8-10H,7,11H2,2-3H3,(H,25,27). The smallest absolute Gasteiger partial charge is 0.288 e. The van der Waals surface area contributed by atoms with Crippen molar-refractivity contribution in [2.24, 2.45) is 0 Å². The maximum Gasteiger partial charge on any atom is 0.288 e. The van der Waals surface area contributed by atoms with E-state index < -0.39 is 9.84 Å². The first-order chi connectivity index (χ1) is 15.2. The second kappa shape index (κ2) is 8.18. The van der Waals surface area contributed by atoms with Crippen LogP contribution in [0.25, 0.3) is 4.85 Å². The first kappa shape index (κ1) is 21.7. The van der Waals surface area contributed by atoms with Gasteiger partial charge >= 0.3 is 0 Å². The SMILES string of the molecule is [C-]#[N+]c1cncc(Cc2cc(Nc3ccc(Cl)cc3S(C)(=O)=O)c3c(n2)CN(C)C3=O)n1. The number of amides is 1. The Labute approximate surface area is 189 Å². The van der Waals surface area contributed by atoms with Gasteiger partial charge in [-0.15, -0.1) is 4.98 Å². The van der Waals surface area contributed by atoms with Gasteiger partial charge in [0, 0.05) is 18.3 Å². The predicted octanol–water partition coefficient (Wildman–Crippen LogP) is 3.40. The number of fused-ring (bicyclic) bond motifs is 1. The number of pyridine rings is 1. The number of sulfone groups is 1. The molecule has 162 valence electrons. The third-order valence-corrected chi connectivity index (χ3v) is 6.23. The molecule has 0 unspecified atom stereocenters. The zero-order valence-electron chi connectivity index (χ0n) is 17.1. The van der Waals surface area contributed by atoms with Gasteiger partial charge in [0.25, 0.3) is 11.7 Å². The number of carbonyl (C=O) groups is 1. The van der Waals surface area contributed by atoms with Gasteiger partial charge < -0.3 is 15.1 Å². The van der Waals surface area contributed by atoms with Gasteiger partial charge in [-0.2, -0.15) is 0 Å². The van der Waals surface area contributed by atoms with Gasteiger partial charge in [0.1, 0.15) is 0 Å². The highest BCUT2D eigenvalue weighted by molar-refractivity contribution is 7.90. The van der Waals surface area contributed by atoms with Gasteiger partial charge in [-0.25, -0.2) is 8.42 Å². The first-order valence-corrected chi connectivity index (χ1v) is 11.7. The summed E-state index contributed by atoms with van der Waals surface area (Å²) in [6.07, 6.45) is 4.30. The highest BCUT2D eigenvalue weighted by Crippen LogP contribution is 2.34. The van der Waals surface area contributed by atoms with E-state index in [-0.39, 0.29) is 28.1 Å². The molecule has 1 aliphatic heterocycles.